The molecule has 3 aliphatic rings. The summed E-state index contributed by atoms with van der Waals surface area (Å²) in [5.74, 6) is -0.227. The van der Waals surface area contributed by atoms with Gasteiger partial charge in [-0.2, -0.15) is 0 Å². The van der Waals surface area contributed by atoms with E-state index in [1.54, 1.807) is 4.90 Å². The average Bonchev–Trinajstić information content (AvgIpc) is 2.97. The zero-order valence-electron chi connectivity index (χ0n) is 13.9. The van der Waals surface area contributed by atoms with E-state index in [2.05, 4.69) is 24.0 Å². The maximum atomic E-state index is 12.3. The normalized spacial score (nSPS) is 29.4. The highest BCUT2D eigenvalue weighted by molar-refractivity contribution is 7.15. The van der Waals surface area contributed by atoms with E-state index in [4.69, 9.17) is 0 Å². The standard InChI is InChI=1S/C16H22N4O3S/c1-9(2)12-17-18-15(24-12)20-6-11-5-19(13(21)10-3-4-10)7-16(11,8-20)14(22)23/h9-11H,3-8H2,1-2H3,(H,22,23)/t11-,16-/m1/s1. The first-order valence-corrected chi connectivity index (χ1v) is 9.33. The fourth-order valence-corrected chi connectivity index (χ4v) is 4.71. The molecule has 1 saturated carbocycles. The predicted octanol–water partition coefficient (Wildman–Crippen LogP) is 1.42. The fraction of sp³-hybridized carbons (Fsp3) is 0.750. The molecule has 8 heteroatoms. The van der Waals surface area contributed by atoms with Crippen molar-refractivity contribution in [1.82, 2.24) is 15.1 Å². The van der Waals surface area contributed by atoms with Crippen molar-refractivity contribution in [3.8, 4) is 0 Å². The van der Waals surface area contributed by atoms with Crippen LogP contribution in [0.1, 0.15) is 37.6 Å². The van der Waals surface area contributed by atoms with Gasteiger partial charge in [-0.05, 0) is 12.8 Å². The Morgan fingerprint density at radius 3 is 2.54 bits per heavy atom. The van der Waals surface area contributed by atoms with Gasteiger partial charge in [-0.15, -0.1) is 10.2 Å². The van der Waals surface area contributed by atoms with Crippen molar-refractivity contribution < 1.29 is 14.7 Å². The number of aliphatic carboxylic acids is 1. The van der Waals surface area contributed by atoms with Crippen LogP contribution >= 0.6 is 11.3 Å². The lowest BCUT2D eigenvalue weighted by atomic mass is 9.81. The van der Waals surface area contributed by atoms with Gasteiger partial charge in [0.25, 0.3) is 0 Å². The Kier molecular flexibility index (Phi) is 3.56. The number of carboxylic acid groups (broad SMARTS) is 1. The minimum absolute atomic E-state index is 0.0379. The Morgan fingerprint density at radius 1 is 1.25 bits per heavy atom. The van der Waals surface area contributed by atoms with E-state index in [0.717, 1.165) is 23.0 Å². The summed E-state index contributed by atoms with van der Waals surface area (Å²) in [7, 11) is 0. The molecule has 4 rings (SSSR count). The molecule has 1 N–H and O–H groups in total. The molecule has 130 valence electrons. The number of likely N-dealkylation sites (tertiary alicyclic amines) is 1. The van der Waals surface area contributed by atoms with E-state index in [-0.39, 0.29) is 17.7 Å². The van der Waals surface area contributed by atoms with Gasteiger partial charge in [-0.3, -0.25) is 9.59 Å². The second-order valence-corrected chi connectivity index (χ2v) is 8.60. The van der Waals surface area contributed by atoms with Gasteiger partial charge in [0.2, 0.25) is 11.0 Å². The van der Waals surface area contributed by atoms with E-state index < -0.39 is 11.4 Å². The number of aromatic nitrogens is 2. The smallest absolute Gasteiger partial charge is 0.313 e. The van der Waals surface area contributed by atoms with Gasteiger partial charge >= 0.3 is 5.97 Å². The maximum absolute atomic E-state index is 12.3. The molecule has 7 nitrogen and oxygen atoms in total. The van der Waals surface area contributed by atoms with E-state index >= 15 is 0 Å². The van der Waals surface area contributed by atoms with Crippen LogP contribution in [0.5, 0.6) is 0 Å². The minimum Gasteiger partial charge on any atom is -0.481 e. The number of carbonyl (C=O) groups excluding carboxylic acids is 1. The summed E-state index contributed by atoms with van der Waals surface area (Å²) < 4.78 is 0. The molecule has 1 amide bonds. The lowest BCUT2D eigenvalue weighted by molar-refractivity contribution is -0.148. The van der Waals surface area contributed by atoms with E-state index in [9.17, 15) is 14.7 Å². The van der Waals surface area contributed by atoms with Crippen molar-refractivity contribution in [3.63, 3.8) is 0 Å². The number of hydrogen-bond donors (Lipinski definition) is 1. The Bertz CT molecular complexity index is 687. The lowest BCUT2D eigenvalue weighted by Gasteiger charge is -2.25. The molecular formula is C16H22N4O3S. The summed E-state index contributed by atoms with van der Waals surface area (Å²) in [6, 6.07) is 0. The Morgan fingerprint density at radius 2 is 2.00 bits per heavy atom. The summed E-state index contributed by atoms with van der Waals surface area (Å²) in [5, 5.41) is 20.1. The molecule has 1 aromatic rings. The van der Waals surface area contributed by atoms with E-state index in [1.807, 2.05) is 4.90 Å². The molecule has 0 bridgehead atoms. The molecule has 2 atom stereocenters. The number of carbonyl (C=O) groups is 2. The van der Waals surface area contributed by atoms with Crippen molar-refractivity contribution in [2.45, 2.75) is 32.6 Å². The molecule has 2 aliphatic heterocycles. The molecule has 1 aliphatic carbocycles. The molecule has 3 heterocycles. The molecule has 0 spiro atoms. The predicted molar refractivity (Wildman–Crippen MR) is 89.1 cm³/mol. The highest BCUT2D eigenvalue weighted by Crippen LogP contribution is 2.46. The molecule has 0 aromatic carbocycles. The lowest BCUT2D eigenvalue weighted by Crippen LogP contribution is -2.42. The summed E-state index contributed by atoms with van der Waals surface area (Å²) >= 11 is 1.54. The van der Waals surface area contributed by atoms with Crippen molar-refractivity contribution in [2.24, 2.45) is 17.3 Å². The van der Waals surface area contributed by atoms with Crippen LogP contribution in [0.4, 0.5) is 5.13 Å². The molecule has 1 aromatic heterocycles. The molecule has 0 radical (unpaired) electrons. The van der Waals surface area contributed by atoms with Crippen LogP contribution in [0.2, 0.25) is 0 Å². The van der Waals surface area contributed by atoms with Gasteiger partial charge < -0.3 is 14.9 Å². The van der Waals surface area contributed by atoms with Gasteiger partial charge in [-0.1, -0.05) is 25.2 Å². The van der Waals surface area contributed by atoms with Crippen LogP contribution in [0.15, 0.2) is 0 Å². The van der Waals surface area contributed by atoms with Gasteiger partial charge in [0.05, 0.1) is 0 Å². The first-order valence-electron chi connectivity index (χ1n) is 8.51. The molecule has 2 saturated heterocycles. The zero-order chi connectivity index (χ0) is 17.1. The maximum Gasteiger partial charge on any atom is 0.313 e. The van der Waals surface area contributed by atoms with Crippen molar-refractivity contribution in [2.75, 3.05) is 31.1 Å². The van der Waals surface area contributed by atoms with E-state index in [0.29, 0.717) is 32.1 Å². The van der Waals surface area contributed by atoms with Crippen molar-refractivity contribution >= 4 is 28.3 Å². The van der Waals surface area contributed by atoms with Crippen LogP contribution in [0, 0.1) is 17.3 Å². The Labute approximate surface area is 144 Å². The molecule has 24 heavy (non-hydrogen) atoms. The van der Waals surface area contributed by atoms with E-state index in [1.165, 1.54) is 11.3 Å². The third-order valence-corrected chi connectivity index (χ3v) is 6.75. The first-order chi connectivity index (χ1) is 11.4. The average molecular weight is 350 g/mol. The zero-order valence-corrected chi connectivity index (χ0v) is 14.8. The van der Waals surface area contributed by atoms with Gasteiger partial charge in [-0.25, -0.2) is 0 Å². The third kappa shape index (κ3) is 2.39. The number of hydrogen-bond acceptors (Lipinski definition) is 6. The van der Waals surface area contributed by atoms with Crippen LogP contribution in [-0.4, -0.2) is 58.3 Å². The first kappa shape index (κ1) is 15.8. The molecular weight excluding hydrogens is 328 g/mol. The molecule has 0 unspecified atom stereocenters. The van der Waals surface area contributed by atoms with Gasteiger partial charge in [0, 0.05) is 43.9 Å². The van der Waals surface area contributed by atoms with Gasteiger partial charge in [0.1, 0.15) is 10.4 Å². The quantitative estimate of drug-likeness (QED) is 0.884. The summed E-state index contributed by atoms with van der Waals surface area (Å²) in [5.41, 5.74) is -0.867. The Hall–Kier alpha value is -1.70. The number of anilines is 1. The highest BCUT2D eigenvalue weighted by atomic mass is 32.1. The second kappa shape index (κ2) is 5.40. The van der Waals surface area contributed by atoms with Crippen molar-refractivity contribution in [1.29, 1.82) is 0 Å². The fourth-order valence-electron chi connectivity index (χ4n) is 3.86. The minimum atomic E-state index is -0.867. The topological polar surface area (TPSA) is 86.6 Å². The van der Waals surface area contributed by atoms with Crippen molar-refractivity contribution in [3.05, 3.63) is 5.01 Å². The van der Waals surface area contributed by atoms with Crippen LogP contribution in [0.3, 0.4) is 0 Å². The number of carboxylic acids is 1. The molecule has 3 fully saturated rings. The second-order valence-electron chi connectivity index (χ2n) is 7.61. The summed E-state index contributed by atoms with van der Waals surface area (Å²) in [4.78, 5) is 28.2. The largest absolute Gasteiger partial charge is 0.481 e. The van der Waals surface area contributed by atoms with Crippen LogP contribution < -0.4 is 4.90 Å². The monoisotopic (exact) mass is 350 g/mol. The van der Waals surface area contributed by atoms with Gasteiger partial charge in [0.15, 0.2) is 0 Å². The van der Waals surface area contributed by atoms with Crippen LogP contribution in [0.25, 0.3) is 0 Å². The summed E-state index contributed by atoms with van der Waals surface area (Å²) in [6.07, 6.45) is 1.91. The number of amides is 1. The summed E-state index contributed by atoms with van der Waals surface area (Å²) in [6.45, 7) is 6.07. The SMILES string of the molecule is CC(C)c1nnc(N2C[C@H]3CN(C(=O)C4CC4)C[C@@]3(C(=O)O)C2)s1. The number of nitrogens with zero attached hydrogens (tertiary/aromatic N) is 4. The number of fused-ring (bicyclic) bond motifs is 1. The Balaban J connectivity index is 1.54. The highest BCUT2D eigenvalue weighted by Gasteiger charge is 2.59. The number of rotatable bonds is 4. The van der Waals surface area contributed by atoms with Crippen LogP contribution in [-0.2, 0) is 9.59 Å². The third-order valence-electron chi connectivity index (χ3n) is 5.47.